The van der Waals surface area contributed by atoms with Crippen molar-refractivity contribution in [3.8, 4) is 6.07 Å². The van der Waals surface area contributed by atoms with E-state index in [2.05, 4.69) is 29.7 Å². The molecular formula is C12H20N4S. The molecule has 94 valence electrons. The highest BCUT2D eigenvalue weighted by Crippen LogP contribution is 2.14. The molecule has 0 aromatic carbocycles. The average molecular weight is 252 g/mol. The van der Waals surface area contributed by atoms with Gasteiger partial charge in [0, 0.05) is 37.9 Å². The van der Waals surface area contributed by atoms with Gasteiger partial charge in [-0.25, -0.2) is 0 Å². The SMILES string of the molecule is C/C(=C(/C#N)C(N)=S)N1CCN(C(C)C)CC1. The summed E-state index contributed by atoms with van der Waals surface area (Å²) < 4.78 is 0. The lowest BCUT2D eigenvalue weighted by atomic mass is 10.2. The average Bonchev–Trinajstić information content (AvgIpc) is 2.29. The van der Waals surface area contributed by atoms with Crippen LogP contribution in [0.5, 0.6) is 0 Å². The number of nitrogens with zero attached hydrogens (tertiary/aromatic N) is 3. The fourth-order valence-corrected chi connectivity index (χ4v) is 2.24. The molecule has 5 heteroatoms. The minimum atomic E-state index is 0.191. The molecule has 0 aromatic rings. The normalized spacial score (nSPS) is 18.9. The number of rotatable bonds is 3. The van der Waals surface area contributed by atoms with Gasteiger partial charge >= 0.3 is 0 Å². The van der Waals surface area contributed by atoms with Crippen molar-refractivity contribution >= 4 is 17.2 Å². The quantitative estimate of drug-likeness (QED) is 0.463. The number of hydrogen-bond acceptors (Lipinski definition) is 4. The topological polar surface area (TPSA) is 56.3 Å². The molecule has 0 saturated carbocycles. The largest absolute Gasteiger partial charge is 0.389 e. The molecule has 1 fully saturated rings. The zero-order valence-corrected chi connectivity index (χ0v) is 11.5. The summed E-state index contributed by atoms with van der Waals surface area (Å²) in [5.74, 6) is 0. The summed E-state index contributed by atoms with van der Waals surface area (Å²) in [4.78, 5) is 4.81. The van der Waals surface area contributed by atoms with E-state index in [-0.39, 0.29) is 4.99 Å². The van der Waals surface area contributed by atoms with E-state index in [1.54, 1.807) is 0 Å². The third-order valence-corrected chi connectivity index (χ3v) is 3.44. The van der Waals surface area contributed by atoms with Crippen LogP contribution in [0, 0.1) is 11.3 Å². The van der Waals surface area contributed by atoms with Crippen LogP contribution < -0.4 is 5.73 Å². The standard InChI is InChI=1S/C12H20N4S/c1-9(2)15-4-6-16(7-5-15)10(3)11(8-13)12(14)17/h9H,4-7H2,1-3H3,(H2,14,17)/b11-10+. The van der Waals surface area contributed by atoms with E-state index in [0.29, 0.717) is 11.6 Å². The van der Waals surface area contributed by atoms with Gasteiger partial charge in [0.1, 0.15) is 16.6 Å². The van der Waals surface area contributed by atoms with Gasteiger partial charge < -0.3 is 10.6 Å². The first-order chi connectivity index (χ1) is 7.97. The molecule has 0 atom stereocenters. The summed E-state index contributed by atoms with van der Waals surface area (Å²) >= 11 is 4.89. The lowest BCUT2D eigenvalue weighted by molar-refractivity contribution is 0.130. The summed E-state index contributed by atoms with van der Waals surface area (Å²) in [5.41, 5.74) is 6.89. The molecule has 4 nitrogen and oxygen atoms in total. The van der Waals surface area contributed by atoms with Crippen molar-refractivity contribution in [1.29, 1.82) is 5.26 Å². The second-order valence-corrected chi connectivity index (χ2v) is 4.99. The molecule has 0 aliphatic carbocycles. The van der Waals surface area contributed by atoms with Gasteiger partial charge in [0.15, 0.2) is 0 Å². The van der Waals surface area contributed by atoms with E-state index in [0.717, 1.165) is 31.9 Å². The van der Waals surface area contributed by atoms with Crippen molar-refractivity contribution in [3.63, 3.8) is 0 Å². The van der Waals surface area contributed by atoms with Gasteiger partial charge in [-0.1, -0.05) is 12.2 Å². The van der Waals surface area contributed by atoms with Crippen LogP contribution >= 0.6 is 12.2 Å². The molecule has 1 aliphatic heterocycles. The van der Waals surface area contributed by atoms with Gasteiger partial charge in [0.2, 0.25) is 0 Å². The molecule has 0 bridgehead atoms. The van der Waals surface area contributed by atoms with Crippen molar-refractivity contribution < 1.29 is 0 Å². The minimum Gasteiger partial charge on any atom is -0.389 e. The van der Waals surface area contributed by atoms with Gasteiger partial charge in [-0.05, 0) is 20.8 Å². The maximum absolute atomic E-state index is 9.03. The highest BCUT2D eigenvalue weighted by molar-refractivity contribution is 7.80. The molecule has 0 aromatic heterocycles. The molecule has 1 aliphatic rings. The molecule has 0 radical (unpaired) electrons. The Kier molecular flexibility index (Phi) is 4.91. The lowest BCUT2D eigenvalue weighted by Gasteiger charge is -2.38. The van der Waals surface area contributed by atoms with Crippen molar-refractivity contribution in [1.82, 2.24) is 9.80 Å². The van der Waals surface area contributed by atoms with Crippen LogP contribution in [0.15, 0.2) is 11.3 Å². The molecule has 0 amide bonds. The van der Waals surface area contributed by atoms with E-state index in [9.17, 15) is 0 Å². The highest BCUT2D eigenvalue weighted by atomic mass is 32.1. The van der Waals surface area contributed by atoms with E-state index in [1.807, 2.05) is 6.92 Å². The van der Waals surface area contributed by atoms with Crippen molar-refractivity contribution in [2.24, 2.45) is 5.73 Å². The summed E-state index contributed by atoms with van der Waals surface area (Å²) in [7, 11) is 0. The Morgan fingerprint density at radius 2 is 1.82 bits per heavy atom. The zero-order chi connectivity index (χ0) is 13.0. The second-order valence-electron chi connectivity index (χ2n) is 4.55. The number of thiocarbonyl (C=S) groups is 1. The molecule has 2 N–H and O–H groups in total. The van der Waals surface area contributed by atoms with Gasteiger partial charge in [0.05, 0.1) is 0 Å². The first kappa shape index (κ1) is 13.9. The number of piperazine rings is 1. The first-order valence-electron chi connectivity index (χ1n) is 5.87. The monoisotopic (exact) mass is 252 g/mol. The minimum absolute atomic E-state index is 0.191. The van der Waals surface area contributed by atoms with E-state index in [1.165, 1.54) is 0 Å². The first-order valence-corrected chi connectivity index (χ1v) is 6.28. The lowest BCUT2D eigenvalue weighted by Crippen LogP contribution is -2.48. The summed E-state index contributed by atoms with van der Waals surface area (Å²) in [6, 6.07) is 2.67. The predicted octanol–water partition coefficient (Wildman–Crippen LogP) is 1.10. The van der Waals surface area contributed by atoms with Crippen LogP contribution in [0.2, 0.25) is 0 Å². The Labute approximate surface area is 109 Å². The maximum Gasteiger partial charge on any atom is 0.116 e. The third-order valence-electron chi connectivity index (χ3n) is 3.24. The third kappa shape index (κ3) is 3.42. The maximum atomic E-state index is 9.03. The fourth-order valence-electron chi connectivity index (χ4n) is 2.05. The van der Waals surface area contributed by atoms with Crippen LogP contribution in [0.1, 0.15) is 20.8 Å². The molecule has 1 saturated heterocycles. The summed E-state index contributed by atoms with van der Waals surface area (Å²) in [6.45, 7) is 10.2. The van der Waals surface area contributed by atoms with Crippen LogP contribution in [-0.2, 0) is 0 Å². The summed E-state index contributed by atoms with van der Waals surface area (Å²) in [6.07, 6.45) is 0. The number of hydrogen-bond donors (Lipinski definition) is 1. The Bertz CT molecular complexity index is 359. The van der Waals surface area contributed by atoms with Crippen molar-refractivity contribution in [3.05, 3.63) is 11.3 Å². The number of nitrogens with two attached hydrogens (primary N) is 1. The molecule has 1 heterocycles. The van der Waals surface area contributed by atoms with Crippen LogP contribution in [0.25, 0.3) is 0 Å². The number of nitriles is 1. The Balaban J connectivity index is 2.72. The van der Waals surface area contributed by atoms with Crippen molar-refractivity contribution in [2.45, 2.75) is 26.8 Å². The van der Waals surface area contributed by atoms with Crippen LogP contribution in [-0.4, -0.2) is 47.0 Å². The Morgan fingerprint density at radius 3 is 2.18 bits per heavy atom. The summed E-state index contributed by atoms with van der Waals surface area (Å²) in [5, 5.41) is 9.03. The second kappa shape index (κ2) is 5.99. The van der Waals surface area contributed by atoms with Gasteiger partial charge in [-0.15, -0.1) is 0 Å². The van der Waals surface area contributed by atoms with E-state index < -0.39 is 0 Å². The molecule has 0 spiro atoms. The van der Waals surface area contributed by atoms with E-state index >= 15 is 0 Å². The molecular weight excluding hydrogens is 232 g/mol. The Morgan fingerprint density at radius 1 is 1.29 bits per heavy atom. The highest BCUT2D eigenvalue weighted by Gasteiger charge is 2.20. The fraction of sp³-hybridized carbons (Fsp3) is 0.667. The molecule has 17 heavy (non-hydrogen) atoms. The van der Waals surface area contributed by atoms with Gasteiger partial charge in [0.25, 0.3) is 0 Å². The molecule has 1 rings (SSSR count). The number of allylic oxidation sites excluding steroid dienone is 1. The Hall–Kier alpha value is -1.12. The van der Waals surface area contributed by atoms with Crippen LogP contribution in [0.4, 0.5) is 0 Å². The predicted molar refractivity (Wildman–Crippen MR) is 73.4 cm³/mol. The van der Waals surface area contributed by atoms with Gasteiger partial charge in [-0.3, -0.25) is 4.90 Å². The van der Waals surface area contributed by atoms with Crippen molar-refractivity contribution in [2.75, 3.05) is 26.2 Å². The zero-order valence-electron chi connectivity index (χ0n) is 10.7. The van der Waals surface area contributed by atoms with E-state index in [4.69, 9.17) is 23.2 Å². The molecule has 0 unspecified atom stereocenters. The smallest absolute Gasteiger partial charge is 0.116 e. The van der Waals surface area contributed by atoms with Gasteiger partial charge in [-0.2, -0.15) is 5.26 Å². The van der Waals surface area contributed by atoms with Crippen LogP contribution in [0.3, 0.4) is 0 Å².